The number of nitrogens with zero attached hydrogens (tertiary/aromatic N) is 1. The van der Waals surface area contributed by atoms with Gasteiger partial charge in [-0.2, -0.15) is 0 Å². The Morgan fingerprint density at radius 2 is 1.96 bits per heavy atom. The smallest absolute Gasteiger partial charge is 0.337 e. The molecule has 0 aromatic heterocycles. The first-order chi connectivity index (χ1) is 12.1. The highest BCUT2D eigenvalue weighted by atomic mass is 16.5. The summed E-state index contributed by atoms with van der Waals surface area (Å²) in [5.41, 5.74) is 1.07. The van der Waals surface area contributed by atoms with Gasteiger partial charge >= 0.3 is 5.97 Å². The van der Waals surface area contributed by atoms with Gasteiger partial charge in [-0.3, -0.25) is 14.5 Å². The van der Waals surface area contributed by atoms with E-state index in [4.69, 9.17) is 0 Å². The second-order valence-electron chi connectivity index (χ2n) is 6.54. The zero-order valence-corrected chi connectivity index (χ0v) is 14.3. The molecule has 1 aromatic carbocycles. The molecular formula is C18H23N3O4. The average Bonchev–Trinajstić information content (AvgIpc) is 2.69. The number of anilines is 1. The van der Waals surface area contributed by atoms with Gasteiger partial charge in [-0.1, -0.05) is 6.42 Å². The highest BCUT2D eigenvalue weighted by molar-refractivity contribution is 5.94. The molecule has 0 unspecified atom stereocenters. The second-order valence-corrected chi connectivity index (χ2v) is 6.54. The lowest BCUT2D eigenvalue weighted by Gasteiger charge is -2.39. The fraction of sp³-hybridized carbons (Fsp3) is 0.500. The molecule has 25 heavy (non-hydrogen) atoms. The summed E-state index contributed by atoms with van der Waals surface area (Å²) in [4.78, 5) is 37.8. The molecule has 7 heteroatoms. The van der Waals surface area contributed by atoms with Crippen LogP contribution in [0.15, 0.2) is 24.3 Å². The molecule has 0 radical (unpaired) electrons. The molecular weight excluding hydrogens is 322 g/mol. The number of esters is 1. The number of hydrogen-bond acceptors (Lipinski definition) is 5. The largest absolute Gasteiger partial charge is 0.465 e. The number of piperidine rings is 1. The molecule has 2 aliphatic heterocycles. The molecule has 3 rings (SSSR count). The molecule has 0 aliphatic carbocycles. The normalized spacial score (nSPS) is 23.3. The predicted molar refractivity (Wildman–Crippen MR) is 92.2 cm³/mol. The SMILES string of the molecule is COC(=O)c1ccc(NC(=O)CN2[C@@H]3CCC[C@H]2CC(=O)NC3)cc1. The first-order valence-corrected chi connectivity index (χ1v) is 8.57. The monoisotopic (exact) mass is 345 g/mol. The maximum atomic E-state index is 12.4. The van der Waals surface area contributed by atoms with Gasteiger partial charge in [0.15, 0.2) is 0 Å². The van der Waals surface area contributed by atoms with Crippen LogP contribution in [-0.2, 0) is 14.3 Å². The zero-order valence-electron chi connectivity index (χ0n) is 14.3. The number of nitrogens with one attached hydrogen (secondary N) is 2. The lowest BCUT2D eigenvalue weighted by molar-refractivity contribution is -0.122. The van der Waals surface area contributed by atoms with Gasteiger partial charge in [0, 0.05) is 30.7 Å². The Bertz CT molecular complexity index is 659. The van der Waals surface area contributed by atoms with Crippen molar-refractivity contribution < 1.29 is 19.1 Å². The van der Waals surface area contributed by atoms with E-state index >= 15 is 0 Å². The molecule has 2 bridgehead atoms. The fourth-order valence-electron chi connectivity index (χ4n) is 3.61. The van der Waals surface area contributed by atoms with Crippen LogP contribution < -0.4 is 10.6 Å². The minimum Gasteiger partial charge on any atom is -0.465 e. The summed E-state index contributed by atoms with van der Waals surface area (Å²) in [5, 5.41) is 5.79. The van der Waals surface area contributed by atoms with Crippen molar-refractivity contribution in [1.29, 1.82) is 0 Å². The van der Waals surface area contributed by atoms with Crippen LogP contribution in [0.1, 0.15) is 36.0 Å². The predicted octanol–water partition coefficient (Wildman–Crippen LogP) is 1.15. The third-order valence-electron chi connectivity index (χ3n) is 4.88. The molecule has 2 saturated heterocycles. The van der Waals surface area contributed by atoms with E-state index in [-0.39, 0.29) is 30.4 Å². The molecule has 134 valence electrons. The lowest BCUT2D eigenvalue weighted by Crippen LogP contribution is -2.50. The summed E-state index contributed by atoms with van der Waals surface area (Å²) in [7, 11) is 1.33. The Hall–Kier alpha value is -2.41. The van der Waals surface area contributed by atoms with Gasteiger partial charge in [-0.25, -0.2) is 4.79 Å². The van der Waals surface area contributed by atoms with Gasteiger partial charge in [-0.15, -0.1) is 0 Å². The van der Waals surface area contributed by atoms with E-state index in [1.165, 1.54) is 7.11 Å². The maximum absolute atomic E-state index is 12.4. The Morgan fingerprint density at radius 1 is 1.24 bits per heavy atom. The summed E-state index contributed by atoms with van der Waals surface area (Å²) < 4.78 is 4.65. The Balaban J connectivity index is 1.61. The highest BCUT2D eigenvalue weighted by Crippen LogP contribution is 2.26. The van der Waals surface area contributed by atoms with Crippen LogP contribution in [0, 0.1) is 0 Å². The fourth-order valence-corrected chi connectivity index (χ4v) is 3.61. The standard InChI is InChI=1S/C18H23N3O4/c1-25-18(24)12-5-7-13(8-6-12)20-17(23)11-21-14-3-2-4-15(21)10-19-16(22)9-14/h5-8,14-15H,2-4,9-11H2,1H3,(H,19,22)(H,20,23)/t14-,15+/m0/s1. The lowest BCUT2D eigenvalue weighted by atomic mass is 9.94. The first kappa shape index (κ1) is 17.4. The summed E-state index contributed by atoms with van der Waals surface area (Å²) in [5.74, 6) is -0.456. The van der Waals surface area contributed by atoms with Gasteiger partial charge in [0.25, 0.3) is 0 Å². The number of ether oxygens (including phenoxy) is 1. The first-order valence-electron chi connectivity index (χ1n) is 8.57. The quantitative estimate of drug-likeness (QED) is 0.800. The Labute approximate surface area is 146 Å². The Morgan fingerprint density at radius 3 is 2.68 bits per heavy atom. The van der Waals surface area contributed by atoms with Crippen molar-refractivity contribution in [2.75, 3.05) is 25.5 Å². The molecule has 1 aromatic rings. The van der Waals surface area contributed by atoms with Crippen LogP contribution in [0.3, 0.4) is 0 Å². The van der Waals surface area contributed by atoms with E-state index in [0.717, 1.165) is 19.3 Å². The van der Waals surface area contributed by atoms with Crippen LogP contribution in [0.4, 0.5) is 5.69 Å². The topological polar surface area (TPSA) is 87.7 Å². The molecule has 2 N–H and O–H groups in total. The van der Waals surface area contributed by atoms with Gasteiger partial charge in [-0.05, 0) is 37.1 Å². The number of carbonyl (C=O) groups is 3. The van der Waals surface area contributed by atoms with E-state index < -0.39 is 5.97 Å². The van der Waals surface area contributed by atoms with Gasteiger partial charge in [0.1, 0.15) is 0 Å². The summed E-state index contributed by atoms with van der Waals surface area (Å²) >= 11 is 0. The third-order valence-corrected chi connectivity index (χ3v) is 4.88. The van der Waals surface area contributed by atoms with Gasteiger partial charge in [0.05, 0.1) is 19.2 Å². The number of methoxy groups -OCH3 is 1. The minimum atomic E-state index is -0.410. The molecule has 2 heterocycles. The van der Waals surface area contributed by atoms with Crippen molar-refractivity contribution in [2.24, 2.45) is 0 Å². The van der Waals surface area contributed by atoms with E-state index in [0.29, 0.717) is 24.2 Å². The summed E-state index contributed by atoms with van der Waals surface area (Å²) in [6.07, 6.45) is 3.50. The highest BCUT2D eigenvalue weighted by Gasteiger charge is 2.35. The average molecular weight is 345 g/mol. The number of hydrogen-bond donors (Lipinski definition) is 2. The number of fused-ring (bicyclic) bond motifs is 2. The summed E-state index contributed by atoms with van der Waals surface area (Å²) in [6, 6.07) is 6.94. The molecule has 2 aliphatic rings. The zero-order chi connectivity index (χ0) is 17.8. The van der Waals surface area contributed by atoms with Crippen LogP contribution in [-0.4, -0.2) is 55.0 Å². The Kier molecular flexibility index (Phi) is 5.33. The van der Waals surface area contributed by atoms with Crippen molar-refractivity contribution in [1.82, 2.24) is 10.2 Å². The summed E-state index contributed by atoms with van der Waals surface area (Å²) in [6.45, 7) is 0.874. The molecule has 0 spiro atoms. The van der Waals surface area contributed by atoms with Crippen LogP contribution >= 0.6 is 0 Å². The van der Waals surface area contributed by atoms with Gasteiger partial charge < -0.3 is 15.4 Å². The number of rotatable bonds is 4. The second kappa shape index (κ2) is 7.65. The third kappa shape index (κ3) is 4.17. The van der Waals surface area contributed by atoms with E-state index in [9.17, 15) is 14.4 Å². The van der Waals surface area contributed by atoms with Crippen molar-refractivity contribution in [2.45, 2.75) is 37.8 Å². The van der Waals surface area contributed by atoms with Crippen molar-refractivity contribution in [3.05, 3.63) is 29.8 Å². The van der Waals surface area contributed by atoms with Crippen molar-refractivity contribution in [3.8, 4) is 0 Å². The number of amides is 2. The molecule has 2 fully saturated rings. The van der Waals surface area contributed by atoms with E-state index in [1.54, 1.807) is 24.3 Å². The molecule has 7 nitrogen and oxygen atoms in total. The number of benzene rings is 1. The number of carbonyl (C=O) groups excluding carboxylic acids is 3. The molecule has 2 atom stereocenters. The van der Waals surface area contributed by atoms with Gasteiger partial charge in [0.2, 0.25) is 11.8 Å². The van der Waals surface area contributed by atoms with Crippen molar-refractivity contribution >= 4 is 23.5 Å². The maximum Gasteiger partial charge on any atom is 0.337 e. The van der Waals surface area contributed by atoms with E-state index in [1.807, 2.05) is 0 Å². The van der Waals surface area contributed by atoms with E-state index in [2.05, 4.69) is 20.3 Å². The van der Waals surface area contributed by atoms with Crippen LogP contribution in [0.2, 0.25) is 0 Å². The van der Waals surface area contributed by atoms with Crippen LogP contribution in [0.25, 0.3) is 0 Å². The molecule has 0 saturated carbocycles. The van der Waals surface area contributed by atoms with Crippen molar-refractivity contribution in [3.63, 3.8) is 0 Å². The van der Waals surface area contributed by atoms with Crippen LogP contribution in [0.5, 0.6) is 0 Å². The molecule has 2 amide bonds. The minimum absolute atomic E-state index is 0.0678.